The number of rotatable bonds is 5. The van der Waals surface area contributed by atoms with Crippen molar-refractivity contribution in [3.8, 4) is 0 Å². The van der Waals surface area contributed by atoms with Crippen LogP contribution in [0.1, 0.15) is 59.1 Å². The molecule has 2 rings (SSSR count). The SMILES string of the molecule is CCC(C)(CC)N1CC(C(C)C)NCC1c1ccccc1. The van der Waals surface area contributed by atoms with Crippen molar-refractivity contribution in [2.24, 2.45) is 5.92 Å². The van der Waals surface area contributed by atoms with E-state index in [4.69, 9.17) is 0 Å². The third-order valence-corrected chi connectivity index (χ3v) is 5.55. The van der Waals surface area contributed by atoms with Gasteiger partial charge in [-0.1, -0.05) is 58.0 Å². The lowest BCUT2D eigenvalue weighted by Crippen LogP contribution is -2.60. The summed E-state index contributed by atoms with van der Waals surface area (Å²) in [6.45, 7) is 14.0. The minimum Gasteiger partial charge on any atom is -0.311 e. The highest BCUT2D eigenvalue weighted by Crippen LogP contribution is 2.35. The maximum Gasteiger partial charge on any atom is 0.0478 e. The molecule has 0 spiro atoms. The van der Waals surface area contributed by atoms with Gasteiger partial charge in [-0.25, -0.2) is 0 Å². The van der Waals surface area contributed by atoms with Gasteiger partial charge < -0.3 is 5.32 Å². The van der Waals surface area contributed by atoms with Gasteiger partial charge in [0.25, 0.3) is 0 Å². The van der Waals surface area contributed by atoms with Crippen molar-refractivity contribution in [1.29, 1.82) is 0 Å². The fourth-order valence-electron chi connectivity index (χ4n) is 3.45. The molecule has 2 unspecified atom stereocenters. The molecule has 0 saturated carbocycles. The quantitative estimate of drug-likeness (QED) is 0.872. The summed E-state index contributed by atoms with van der Waals surface area (Å²) in [6, 6.07) is 12.1. The maximum absolute atomic E-state index is 3.78. The molecule has 0 aromatic heterocycles. The highest BCUT2D eigenvalue weighted by Gasteiger charge is 2.39. The van der Waals surface area contributed by atoms with E-state index < -0.39 is 0 Å². The third kappa shape index (κ3) is 3.49. The number of nitrogens with one attached hydrogen (secondary N) is 1. The first-order chi connectivity index (χ1) is 10.0. The van der Waals surface area contributed by atoms with E-state index in [2.05, 4.69) is 75.2 Å². The highest BCUT2D eigenvalue weighted by atomic mass is 15.3. The molecule has 21 heavy (non-hydrogen) atoms. The topological polar surface area (TPSA) is 15.3 Å². The van der Waals surface area contributed by atoms with Crippen LogP contribution in [0.15, 0.2) is 30.3 Å². The fraction of sp³-hybridized carbons (Fsp3) is 0.684. The average molecular weight is 288 g/mol. The molecule has 0 radical (unpaired) electrons. The van der Waals surface area contributed by atoms with Gasteiger partial charge in [-0.2, -0.15) is 0 Å². The predicted molar refractivity (Wildman–Crippen MR) is 91.5 cm³/mol. The second-order valence-electron chi connectivity index (χ2n) is 7.04. The first-order valence-electron chi connectivity index (χ1n) is 8.57. The zero-order valence-corrected chi connectivity index (χ0v) is 14.4. The lowest BCUT2D eigenvalue weighted by molar-refractivity contribution is 0.00561. The van der Waals surface area contributed by atoms with Gasteiger partial charge in [0, 0.05) is 30.7 Å². The number of hydrogen-bond acceptors (Lipinski definition) is 2. The first-order valence-corrected chi connectivity index (χ1v) is 8.57. The van der Waals surface area contributed by atoms with E-state index in [1.807, 2.05) is 0 Å². The van der Waals surface area contributed by atoms with Crippen molar-refractivity contribution in [2.75, 3.05) is 13.1 Å². The first kappa shape index (κ1) is 16.5. The van der Waals surface area contributed by atoms with Gasteiger partial charge in [0.2, 0.25) is 0 Å². The minimum atomic E-state index is 0.287. The summed E-state index contributed by atoms with van der Waals surface area (Å²) in [6.07, 6.45) is 2.41. The molecule has 0 amide bonds. The molecule has 2 atom stereocenters. The van der Waals surface area contributed by atoms with Gasteiger partial charge in [-0.15, -0.1) is 0 Å². The molecule has 2 heteroatoms. The summed E-state index contributed by atoms with van der Waals surface area (Å²) in [4.78, 5) is 2.77. The normalized spacial score (nSPS) is 24.5. The molecular formula is C19H32N2. The predicted octanol–water partition coefficient (Wildman–Crippen LogP) is 4.24. The molecule has 118 valence electrons. The van der Waals surface area contributed by atoms with Crippen LogP contribution in [-0.2, 0) is 0 Å². The summed E-state index contributed by atoms with van der Waals surface area (Å²) in [5.74, 6) is 0.683. The van der Waals surface area contributed by atoms with Crippen LogP contribution in [-0.4, -0.2) is 29.6 Å². The van der Waals surface area contributed by atoms with Crippen molar-refractivity contribution in [3.63, 3.8) is 0 Å². The van der Waals surface area contributed by atoms with Crippen LogP contribution in [0.25, 0.3) is 0 Å². The fourth-order valence-corrected chi connectivity index (χ4v) is 3.45. The smallest absolute Gasteiger partial charge is 0.0478 e. The molecule has 1 aliphatic rings. The molecule has 1 aliphatic heterocycles. The summed E-state index contributed by atoms with van der Waals surface area (Å²) >= 11 is 0. The van der Waals surface area contributed by atoms with Crippen molar-refractivity contribution >= 4 is 0 Å². The van der Waals surface area contributed by atoms with Gasteiger partial charge >= 0.3 is 0 Å². The van der Waals surface area contributed by atoms with Crippen LogP contribution in [0.2, 0.25) is 0 Å². The zero-order chi connectivity index (χ0) is 15.5. The summed E-state index contributed by atoms with van der Waals surface area (Å²) in [5.41, 5.74) is 1.73. The molecule has 2 nitrogen and oxygen atoms in total. The van der Waals surface area contributed by atoms with E-state index >= 15 is 0 Å². The Morgan fingerprint density at radius 1 is 1.19 bits per heavy atom. The zero-order valence-electron chi connectivity index (χ0n) is 14.4. The van der Waals surface area contributed by atoms with E-state index in [0.29, 0.717) is 18.0 Å². The van der Waals surface area contributed by atoms with Crippen LogP contribution in [0, 0.1) is 5.92 Å². The summed E-state index contributed by atoms with van der Waals surface area (Å²) in [7, 11) is 0. The van der Waals surface area contributed by atoms with Gasteiger partial charge in [-0.05, 0) is 31.2 Å². The van der Waals surface area contributed by atoms with Gasteiger partial charge in [-0.3, -0.25) is 4.90 Å². The molecule has 0 bridgehead atoms. The lowest BCUT2D eigenvalue weighted by atomic mass is 9.86. The van der Waals surface area contributed by atoms with Crippen LogP contribution >= 0.6 is 0 Å². The lowest BCUT2D eigenvalue weighted by Gasteiger charge is -2.51. The van der Waals surface area contributed by atoms with E-state index in [-0.39, 0.29) is 5.54 Å². The van der Waals surface area contributed by atoms with Crippen molar-refractivity contribution in [3.05, 3.63) is 35.9 Å². The van der Waals surface area contributed by atoms with E-state index in [0.717, 1.165) is 13.1 Å². The van der Waals surface area contributed by atoms with Crippen LogP contribution in [0.3, 0.4) is 0 Å². The third-order valence-electron chi connectivity index (χ3n) is 5.55. The van der Waals surface area contributed by atoms with E-state index in [9.17, 15) is 0 Å². The number of piperazine rings is 1. The molecular weight excluding hydrogens is 256 g/mol. The Balaban J connectivity index is 2.30. The monoisotopic (exact) mass is 288 g/mol. The summed E-state index contributed by atoms with van der Waals surface area (Å²) < 4.78 is 0. The summed E-state index contributed by atoms with van der Waals surface area (Å²) in [5, 5.41) is 3.78. The van der Waals surface area contributed by atoms with Crippen LogP contribution in [0.5, 0.6) is 0 Å². The molecule has 1 fully saturated rings. The van der Waals surface area contributed by atoms with Crippen molar-refractivity contribution < 1.29 is 0 Å². The maximum atomic E-state index is 3.78. The van der Waals surface area contributed by atoms with E-state index in [1.54, 1.807) is 0 Å². The number of nitrogens with zero attached hydrogens (tertiary/aromatic N) is 1. The Bertz CT molecular complexity index is 422. The second-order valence-corrected chi connectivity index (χ2v) is 7.04. The molecule has 1 aromatic carbocycles. The Morgan fingerprint density at radius 2 is 1.81 bits per heavy atom. The largest absolute Gasteiger partial charge is 0.311 e. The molecule has 1 N–H and O–H groups in total. The average Bonchev–Trinajstić information content (AvgIpc) is 2.54. The molecule has 1 aromatic rings. The van der Waals surface area contributed by atoms with Crippen LogP contribution < -0.4 is 5.32 Å². The van der Waals surface area contributed by atoms with E-state index in [1.165, 1.54) is 18.4 Å². The van der Waals surface area contributed by atoms with Gasteiger partial charge in [0.15, 0.2) is 0 Å². The number of hydrogen-bond donors (Lipinski definition) is 1. The highest BCUT2D eigenvalue weighted by molar-refractivity contribution is 5.21. The van der Waals surface area contributed by atoms with Crippen molar-refractivity contribution in [1.82, 2.24) is 10.2 Å². The molecule has 0 aliphatic carbocycles. The van der Waals surface area contributed by atoms with Crippen LogP contribution in [0.4, 0.5) is 0 Å². The van der Waals surface area contributed by atoms with Gasteiger partial charge in [0.1, 0.15) is 0 Å². The second kappa shape index (κ2) is 6.93. The van der Waals surface area contributed by atoms with Gasteiger partial charge in [0.05, 0.1) is 0 Å². The Kier molecular flexibility index (Phi) is 5.45. The Morgan fingerprint density at radius 3 is 2.33 bits per heavy atom. The molecule has 1 saturated heterocycles. The minimum absolute atomic E-state index is 0.287. The number of benzene rings is 1. The Labute approximate surface area is 130 Å². The standard InChI is InChI=1S/C19H32N2/c1-6-19(5,7-2)21-14-17(15(3)4)20-13-18(21)16-11-9-8-10-12-16/h8-12,15,17-18,20H,6-7,13-14H2,1-5H3. The molecule has 1 heterocycles. The Hall–Kier alpha value is -0.860. The van der Waals surface area contributed by atoms with Crippen molar-refractivity contribution in [2.45, 2.75) is 65.1 Å².